The summed E-state index contributed by atoms with van der Waals surface area (Å²) in [4.78, 5) is 21.1. The zero-order chi connectivity index (χ0) is 15.9. The zero-order valence-corrected chi connectivity index (χ0v) is 13.0. The molecule has 0 saturated carbocycles. The number of aryl methyl sites for hydroxylation is 4. The molecule has 0 unspecified atom stereocenters. The topological polar surface area (TPSA) is 56.5 Å². The Balaban J connectivity index is 2.07. The summed E-state index contributed by atoms with van der Waals surface area (Å²) in [7, 11) is 0. The van der Waals surface area contributed by atoms with Crippen LogP contribution in [0.25, 0.3) is 5.78 Å². The fourth-order valence-electron chi connectivity index (χ4n) is 2.51. The van der Waals surface area contributed by atoms with Crippen molar-refractivity contribution in [1.29, 1.82) is 0 Å². The number of hydrogen-bond donors (Lipinski definition) is 0. The lowest BCUT2D eigenvalue weighted by atomic mass is 10.2. The third-order valence-electron chi connectivity index (χ3n) is 3.79. The summed E-state index contributed by atoms with van der Waals surface area (Å²) >= 11 is 0. The van der Waals surface area contributed by atoms with Gasteiger partial charge < -0.3 is 4.74 Å². The summed E-state index contributed by atoms with van der Waals surface area (Å²) in [6.07, 6.45) is 0. The number of hydrogen-bond acceptors (Lipinski definition) is 4. The number of carbonyl (C=O) groups is 1. The highest BCUT2D eigenvalue weighted by atomic mass is 16.5. The first-order chi connectivity index (χ1) is 10.5. The first-order valence-electron chi connectivity index (χ1n) is 7.09. The smallest absolute Gasteiger partial charge is 0.343 e. The van der Waals surface area contributed by atoms with Gasteiger partial charge in [-0.3, -0.25) is 4.40 Å². The number of carbonyl (C=O) groups excluding carboxylic acids is 1. The Morgan fingerprint density at radius 1 is 0.955 bits per heavy atom. The quantitative estimate of drug-likeness (QED) is 0.681. The van der Waals surface area contributed by atoms with E-state index in [2.05, 4.69) is 9.97 Å². The average Bonchev–Trinajstić information content (AvgIpc) is 2.79. The number of esters is 1. The lowest BCUT2D eigenvalue weighted by Gasteiger charge is -2.12. The van der Waals surface area contributed by atoms with E-state index in [4.69, 9.17) is 4.74 Å². The van der Waals surface area contributed by atoms with Gasteiger partial charge in [0.15, 0.2) is 5.75 Å². The number of fused-ring (bicyclic) bond motifs is 1. The van der Waals surface area contributed by atoms with Crippen LogP contribution >= 0.6 is 0 Å². The SMILES string of the molecule is Cc1nc2nc(C)c(C)n2c(C)c1OC(=O)c1ccccc1. The average molecular weight is 295 g/mol. The molecule has 0 amide bonds. The van der Waals surface area contributed by atoms with E-state index in [1.807, 2.05) is 38.2 Å². The van der Waals surface area contributed by atoms with Gasteiger partial charge in [0.05, 0.1) is 22.6 Å². The van der Waals surface area contributed by atoms with E-state index in [0.717, 1.165) is 17.1 Å². The van der Waals surface area contributed by atoms with E-state index < -0.39 is 0 Å². The van der Waals surface area contributed by atoms with Crippen molar-refractivity contribution in [1.82, 2.24) is 14.4 Å². The van der Waals surface area contributed by atoms with Crippen LogP contribution < -0.4 is 4.74 Å². The summed E-state index contributed by atoms with van der Waals surface area (Å²) in [5.74, 6) is 0.730. The number of imidazole rings is 1. The summed E-state index contributed by atoms with van der Waals surface area (Å²) in [6, 6.07) is 8.93. The number of ether oxygens (including phenoxy) is 1. The minimum Gasteiger partial charge on any atom is -0.419 e. The second-order valence-electron chi connectivity index (χ2n) is 5.29. The molecule has 0 aliphatic heterocycles. The van der Waals surface area contributed by atoms with Crippen molar-refractivity contribution in [2.75, 3.05) is 0 Å². The van der Waals surface area contributed by atoms with E-state index in [-0.39, 0.29) is 5.97 Å². The molecule has 5 nitrogen and oxygen atoms in total. The van der Waals surface area contributed by atoms with Gasteiger partial charge >= 0.3 is 5.97 Å². The number of aromatic nitrogens is 3. The summed E-state index contributed by atoms with van der Waals surface area (Å²) in [5.41, 5.74) is 3.91. The summed E-state index contributed by atoms with van der Waals surface area (Å²) in [6.45, 7) is 7.64. The number of rotatable bonds is 2. The molecule has 0 N–H and O–H groups in total. The van der Waals surface area contributed by atoms with Gasteiger partial charge in [-0.2, -0.15) is 0 Å². The maximum absolute atomic E-state index is 12.3. The van der Waals surface area contributed by atoms with Crippen LogP contribution in [0.1, 0.15) is 33.1 Å². The van der Waals surface area contributed by atoms with Crippen LogP contribution in [0.4, 0.5) is 0 Å². The highest BCUT2D eigenvalue weighted by molar-refractivity contribution is 5.91. The minimum absolute atomic E-state index is 0.387. The molecule has 22 heavy (non-hydrogen) atoms. The zero-order valence-electron chi connectivity index (χ0n) is 13.0. The van der Waals surface area contributed by atoms with Crippen LogP contribution in [0.2, 0.25) is 0 Å². The molecule has 0 spiro atoms. The van der Waals surface area contributed by atoms with Crippen LogP contribution in [0.15, 0.2) is 30.3 Å². The molecule has 0 bridgehead atoms. The first kappa shape index (κ1) is 14.3. The first-order valence-corrected chi connectivity index (χ1v) is 7.09. The van der Waals surface area contributed by atoms with Gasteiger partial charge in [-0.1, -0.05) is 18.2 Å². The highest BCUT2D eigenvalue weighted by Crippen LogP contribution is 2.25. The van der Waals surface area contributed by atoms with Crippen molar-refractivity contribution in [3.05, 3.63) is 58.7 Å². The molecule has 3 rings (SSSR count). The Morgan fingerprint density at radius 2 is 1.59 bits per heavy atom. The van der Waals surface area contributed by atoms with Crippen LogP contribution in [0.3, 0.4) is 0 Å². The van der Waals surface area contributed by atoms with Gasteiger partial charge in [-0.05, 0) is 39.8 Å². The highest BCUT2D eigenvalue weighted by Gasteiger charge is 2.18. The third kappa shape index (κ3) is 2.24. The Kier molecular flexibility index (Phi) is 3.41. The molecular formula is C17H17N3O2. The van der Waals surface area contributed by atoms with Gasteiger partial charge in [0.1, 0.15) is 0 Å². The summed E-state index contributed by atoms with van der Waals surface area (Å²) in [5, 5.41) is 0. The molecule has 112 valence electrons. The molecular weight excluding hydrogens is 278 g/mol. The van der Waals surface area contributed by atoms with Crippen LogP contribution in [-0.4, -0.2) is 20.3 Å². The molecule has 1 aromatic carbocycles. The molecule has 0 saturated heterocycles. The van der Waals surface area contributed by atoms with Gasteiger partial charge in [-0.15, -0.1) is 0 Å². The van der Waals surface area contributed by atoms with Gasteiger partial charge in [0.2, 0.25) is 5.78 Å². The van der Waals surface area contributed by atoms with E-state index >= 15 is 0 Å². The van der Waals surface area contributed by atoms with Crippen LogP contribution in [-0.2, 0) is 0 Å². The van der Waals surface area contributed by atoms with Crippen molar-refractivity contribution in [3.8, 4) is 5.75 Å². The Hall–Kier alpha value is -2.69. The molecule has 3 aromatic rings. The van der Waals surface area contributed by atoms with Crippen LogP contribution in [0.5, 0.6) is 5.75 Å². The predicted octanol–water partition coefficient (Wildman–Crippen LogP) is 3.18. The van der Waals surface area contributed by atoms with E-state index in [1.54, 1.807) is 24.3 Å². The lowest BCUT2D eigenvalue weighted by molar-refractivity contribution is 0.0730. The van der Waals surface area contributed by atoms with Crippen molar-refractivity contribution in [2.45, 2.75) is 27.7 Å². The van der Waals surface area contributed by atoms with Gasteiger partial charge in [0, 0.05) is 5.69 Å². The lowest BCUT2D eigenvalue weighted by Crippen LogP contribution is -2.12. The monoisotopic (exact) mass is 295 g/mol. The van der Waals surface area contributed by atoms with Gasteiger partial charge in [0.25, 0.3) is 0 Å². The second-order valence-corrected chi connectivity index (χ2v) is 5.29. The number of nitrogens with zero attached hydrogens (tertiary/aromatic N) is 3. The minimum atomic E-state index is -0.387. The standard InChI is InChI=1S/C17H17N3O2/c1-10-12(3)20-13(4)15(11(2)19-17(20)18-10)22-16(21)14-8-6-5-7-9-14/h5-9H,1-4H3. The molecule has 0 aliphatic carbocycles. The molecule has 0 fully saturated rings. The maximum Gasteiger partial charge on any atom is 0.343 e. The normalized spacial score (nSPS) is 10.9. The van der Waals surface area contributed by atoms with Crippen molar-refractivity contribution in [3.63, 3.8) is 0 Å². The van der Waals surface area contributed by atoms with Crippen molar-refractivity contribution in [2.24, 2.45) is 0 Å². The third-order valence-corrected chi connectivity index (χ3v) is 3.79. The second kappa shape index (κ2) is 5.26. The van der Waals surface area contributed by atoms with Crippen molar-refractivity contribution >= 4 is 11.7 Å². The van der Waals surface area contributed by atoms with E-state index in [0.29, 0.717) is 22.8 Å². The molecule has 0 aliphatic rings. The fraction of sp³-hybridized carbons (Fsp3) is 0.235. The summed E-state index contributed by atoms with van der Waals surface area (Å²) < 4.78 is 7.50. The van der Waals surface area contributed by atoms with Crippen LogP contribution in [0, 0.1) is 27.7 Å². The van der Waals surface area contributed by atoms with E-state index in [1.165, 1.54) is 0 Å². The van der Waals surface area contributed by atoms with Gasteiger partial charge in [-0.25, -0.2) is 14.8 Å². The molecule has 0 atom stereocenters. The number of benzene rings is 1. The van der Waals surface area contributed by atoms with E-state index in [9.17, 15) is 4.79 Å². The van der Waals surface area contributed by atoms with Crippen molar-refractivity contribution < 1.29 is 9.53 Å². The predicted molar refractivity (Wildman–Crippen MR) is 83.3 cm³/mol. The fourth-order valence-corrected chi connectivity index (χ4v) is 2.51. The molecule has 0 radical (unpaired) electrons. The molecule has 5 heteroatoms. The molecule has 2 heterocycles. The maximum atomic E-state index is 12.3. The largest absolute Gasteiger partial charge is 0.419 e. The Morgan fingerprint density at radius 3 is 2.27 bits per heavy atom. The Labute approximate surface area is 128 Å². The molecule has 2 aromatic heterocycles. The Bertz CT molecular complexity index is 867.